The summed E-state index contributed by atoms with van der Waals surface area (Å²) in [6.07, 6.45) is 2.36. The molecule has 0 spiro atoms. The van der Waals surface area contributed by atoms with Crippen LogP contribution in [0, 0.1) is 0 Å². The van der Waals surface area contributed by atoms with Crippen LogP contribution >= 0.6 is 0 Å². The number of hydrogen-bond donors (Lipinski definition) is 1. The van der Waals surface area contributed by atoms with Crippen molar-refractivity contribution in [1.82, 2.24) is 14.9 Å². The van der Waals surface area contributed by atoms with Gasteiger partial charge in [0.25, 0.3) is 5.56 Å². The summed E-state index contributed by atoms with van der Waals surface area (Å²) in [6, 6.07) is 7.69. The number of methoxy groups -OCH3 is 1. The van der Waals surface area contributed by atoms with Crippen LogP contribution in [-0.4, -0.2) is 36.4 Å². The topological polar surface area (TPSA) is 56.1 Å². The van der Waals surface area contributed by atoms with E-state index >= 15 is 0 Å². The Labute approximate surface area is 112 Å². The largest absolute Gasteiger partial charge is 0.385 e. The third-order valence-electron chi connectivity index (χ3n) is 2.97. The van der Waals surface area contributed by atoms with Crippen LogP contribution in [0.15, 0.2) is 35.3 Å². The van der Waals surface area contributed by atoms with Crippen LogP contribution in [0.5, 0.6) is 0 Å². The van der Waals surface area contributed by atoms with Gasteiger partial charge >= 0.3 is 0 Å². The van der Waals surface area contributed by atoms with Gasteiger partial charge < -0.3 is 14.6 Å². The summed E-state index contributed by atoms with van der Waals surface area (Å²) in [5.74, 6) is 0. The lowest BCUT2D eigenvalue weighted by atomic mass is 10.3. The first-order valence-electron chi connectivity index (χ1n) is 6.47. The third-order valence-corrected chi connectivity index (χ3v) is 2.97. The van der Waals surface area contributed by atoms with Crippen molar-refractivity contribution in [1.29, 1.82) is 0 Å². The second-order valence-electron chi connectivity index (χ2n) is 4.33. The minimum atomic E-state index is -0.0580. The van der Waals surface area contributed by atoms with E-state index < -0.39 is 0 Å². The monoisotopic (exact) mass is 261 g/mol. The molecule has 2 rings (SSSR count). The number of nitrogens with zero attached hydrogens (tertiary/aromatic N) is 2. The average molecular weight is 261 g/mol. The summed E-state index contributed by atoms with van der Waals surface area (Å²) in [6.45, 7) is 3.06. The lowest BCUT2D eigenvalue weighted by Gasteiger charge is -2.10. The Kier molecular flexibility index (Phi) is 5.06. The van der Waals surface area contributed by atoms with Gasteiger partial charge in [0.2, 0.25) is 0 Å². The van der Waals surface area contributed by atoms with Crippen molar-refractivity contribution < 1.29 is 4.74 Å². The maximum atomic E-state index is 11.9. The van der Waals surface area contributed by atoms with Gasteiger partial charge in [0, 0.05) is 26.8 Å². The van der Waals surface area contributed by atoms with E-state index in [4.69, 9.17) is 4.74 Å². The maximum Gasteiger partial charge on any atom is 0.269 e. The van der Waals surface area contributed by atoms with E-state index in [2.05, 4.69) is 10.3 Å². The molecular weight excluding hydrogens is 242 g/mol. The highest BCUT2D eigenvalue weighted by atomic mass is 16.5. The Morgan fingerprint density at radius 2 is 2.16 bits per heavy atom. The smallest absolute Gasteiger partial charge is 0.269 e. The van der Waals surface area contributed by atoms with E-state index in [0.717, 1.165) is 37.2 Å². The van der Waals surface area contributed by atoms with E-state index in [9.17, 15) is 4.79 Å². The summed E-state index contributed by atoms with van der Waals surface area (Å²) in [4.78, 5) is 16.0. The van der Waals surface area contributed by atoms with E-state index in [1.54, 1.807) is 11.7 Å². The minimum Gasteiger partial charge on any atom is -0.385 e. The predicted molar refractivity (Wildman–Crippen MR) is 75.4 cm³/mol. The van der Waals surface area contributed by atoms with E-state index in [1.807, 2.05) is 24.3 Å². The molecule has 2 aromatic rings. The summed E-state index contributed by atoms with van der Waals surface area (Å²) in [5.41, 5.74) is 1.67. The molecule has 0 amide bonds. The first-order chi connectivity index (χ1) is 9.33. The quantitative estimate of drug-likeness (QED) is 0.756. The summed E-state index contributed by atoms with van der Waals surface area (Å²) in [7, 11) is 1.70. The molecule has 5 heteroatoms. The molecule has 1 aromatic heterocycles. The third kappa shape index (κ3) is 3.62. The molecule has 0 aliphatic rings. The molecule has 1 N–H and O–H groups in total. The highest BCUT2D eigenvalue weighted by Gasteiger charge is 2.02. The zero-order chi connectivity index (χ0) is 13.5. The van der Waals surface area contributed by atoms with Crippen molar-refractivity contribution in [2.24, 2.45) is 0 Å². The van der Waals surface area contributed by atoms with Gasteiger partial charge in [-0.25, -0.2) is 4.98 Å². The summed E-state index contributed by atoms with van der Waals surface area (Å²) < 4.78 is 6.74. The van der Waals surface area contributed by atoms with Crippen LogP contribution in [0.25, 0.3) is 11.0 Å². The molecule has 1 aromatic carbocycles. The first-order valence-corrected chi connectivity index (χ1v) is 6.47. The zero-order valence-electron chi connectivity index (χ0n) is 11.1. The molecule has 0 atom stereocenters. The number of rotatable bonds is 7. The predicted octanol–water partition coefficient (Wildman–Crippen LogP) is 1.02. The average Bonchev–Trinajstić information content (AvgIpc) is 2.44. The fourth-order valence-electron chi connectivity index (χ4n) is 2.00. The molecule has 0 bridgehead atoms. The number of aromatic nitrogens is 2. The molecular formula is C14H19N3O2. The number of nitrogens with one attached hydrogen (secondary N) is 1. The van der Waals surface area contributed by atoms with Crippen LogP contribution < -0.4 is 10.9 Å². The number of ether oxygens (including phenoxy) is 1. The molecule has 5 nitrogen and oxygen atoms in total. The molecule has 19 heavy (non-hydrogen) atoms. The van der Waals surface area contributed by atoms with Crippen molar-refractivity contribution in [2.45, 2.75) is 13.0 Å². The Hall–Kier alpha value is -1.72. The number of fused-ring (bicyclic) bond motifs is 1. The molecule has 0 radical (unpaired) electrons. The van der Waals surface area contributed by atoms with Crippen LogP contribution in [0.4, 0.5) is 0 Å². The molecule has 0 saturated heterocycles. The van der Waals surface area contributed by atoms with Gasteiger partial charge in [0.15, 0.2) is 0 Å². The van der Waals surface area contributed by atoms with Crippen molar-refractivity contribution in [3.05, 3.63) is 40.8 Å². The van der Waals surface area contributed by atoms with Crippen molar-refractivity contribution in [3.63, 3.8) is 0 Å². The summed E-state index contributed by atoms with van der Waals surface area (Å²) >= 11 is 0. The lowest BCUT2D eigenvalue weighted by molar-refractivity contribution is 0.194. The highest BCUT2D eigenvalue weighted by Crippen LogP contribution is 2.07. The Balaban J connectivity index is 2.00. The lowest BCUT2D eigenvalue weighted by Crippen LogP contribution is -2.28. The number of benzene rings is 1. The SMILES string of the molecule is COCCCNCCn1c(=O)cnc2ccccc21. The molecule has 1 heterocycles. The first kappa shape index (κ1) is 13.7. The Bertz CT molecular complexity index is 580. The highest BCUT2D eigenvalue weighted by molar-refractivity contribution is 5.74. The van der Waals surface area contributed by atoms with Crippen LogP contribution in [0.2, 0.25) is 0 Å². The van der Waals surface area contributed by atoms with E-state index in [0.29, 0.717) is 6.54 Å². The molecule has 0 aliphatic heterocycles. The normalized spacial score (nSPS) is 11.0. The van der Waals surface area contributed by atoms with Gasteiger partial charge in [-0.3, -0.25) is 4.79 Å². The van der Waals surface area contributed by atoms with Gasteiger partial charge in [-0.1, -0.05) is 12.1 Å². The Morgan fingerprint density at radius 1 is 1.32 bits per heavy atom. The van der Waals surface area contributed by atoms with Gasteiger partial charge in [-0.2, -0.15) is 0 Å². The fraction of sp³-hybridized carbons (Fsp3) is 0.429. The molecule has 0 saturated carbocycles. The standard InChI is InChI=1S/C14H19N3O2/c1-19-10-4-7-15-8-9-17-13-6-3-2-5-12(13)16-11-14(17)18/h2-3,5-6,11,15H,4,7-10H2,1H3. The summed E-state index contributed by atoms with van der Waals surface area (Å²) in [5, 5.41) is 3.30. The number of para-hydroxylation sites is 2. The van der Waals surface area contributed by atoms with Gasteiger partial charge in [-0.05, 0) is 25.1 Å². The fourth-order valence-corrected chi connectivity index (χ4v) is 2.00. The van der Waals surface area contributed by atoms with Gasteiger partial charge in [-0.15, -0.1) is 0 Å². The second-order valence-corrected chi connectivity index (χ2v) is 4.33. The van der Waals surface area contributed by atoms with Crippen molar-refractivity contribution >= 4 is 11.0 Å². The zero-order valence-corrected chi connectivity index (χ0v) is 11.1. The number of hydrogen-bond acceptors (Lipinski definition) is 4. The van der Waals surface area contributed by atoms with Crippen LogP contribution in [0.3, 0.4) is 0 Å². The second kappa shape index (κ2) is 7.01. The van der Waals surface area contributed by atoms with Crippen LogP contribution in [0.1, 0.15) is 6.42 Å². The Morgan fingerprint density at radius 3 is 3.00 bits per heavy atom. The van der Waals surface area contributed by atoms with Crippen LogP contribution in [-0.2, 0) is 11.3 Å². The van der Waals surface area contributed by atoms with Gasteiger partial charge in [0.05, 0.1) is 17.2 Å². The minimum absolute atomic E-state index is 0.0580. The molecule has 0 fully saturated rings. The maximum absolute atomic E-state index is 11.9. The molecule has 0 unspecified atom stereocenters. The van der Waals surface area contributed by atoms with Crippen molar-refractivity contribution in [3.8, 4) is 0 Å². The van der Waals surface area contributed by atoms with E-state index in [-0.39, 0.29) is 5.56 Å². The molecule has 102 valence electrons. The van der Waals surface area contributed by atoms with E-state index in [1.165, 1.54) is 6.20 Å². The molecule has 0 aliphatic carbocycles. The van der Waals surface area contributed by atoms with Gasteiger partial charge in [0.1, 0.15) is 0 Å². The van der Waals surface area contributed by atoms with Crippen molar-refractivity contribution in [2.75, 3.05) is 26.8 Å².